The molecule has 0 atom stereocenters. The van der Waals surface area contributed by atoms with Crippen molar-refractivity contribution < 1.29 is 0 Å². The van der Waals surface area contributed by atoms with Gasteiger partial charge in [-0.05, 0) is 49.6 Å². The number of nitrogens with zero attached hydrogens (tertiary/aromatic N) is 4. The Morgan fingerprint density at radius 1 is 0.963 bits per heavy atom. The van der Waals surface area contributed by atoms with Crippen LogP contribution in [0.2, 0.25) is 0 Å². The van der Waals surface area contributed by atoms with Gasteiger partial charge in [0.1, 0.15) is 28.5 Å². The number of aryl methyl sites for hydroxylation is 3. The van der Waals surface area contributed by atoms with Crippen molar-refractivity contribution in [1.82, 2.24) is 9.97 Å². The summed E-state index contributed by atoms with van der Waals surface area (Å²) in [6, 6.07) is 12.0. The van der Waals surface area contributed by atoms with Crippen molar-refractivity contribution in [2.24, 2.45) is 0 Å². The predicted molar refractivity (Wildman–Crippen MR) is 106 cm³/mol. The molecular weight excluding hydrogens is 354 g/mol. The van der Waals surface area contributed by atoms with Crippen LogP contribution in [0.5, 0.6) is 0 Å². The normalized spacial score (nSPS) is 10.3. The molecule has 3 rings (SSSR count). The van der Waals surface area contributed by atoms with Crippen molar-refractivity contribution in [3.63, 3.8) is 0 Å². The van der Waals surface area contributed by atoms with Crippen molar-refractivity contribution in [3.8, 4) is 23.3 Å². The van der Waals surface area contributed by atoms with Crippen molar-refractivity contribution in [2.45, 2.75) is 30.7 Å². The average Bonchev–Trinajstić information content (AvgIpc) is 2.64. The van der Waals surface area contributed by atoms with Crippen LogP contribution >= 0.6 is 11.8 Å². The maximum Gasteiger partial charge on any atom is 0.143 e. The molecule has 2 N–H and O–H groups in total. The van der Waals surface area contributed by atoms with Gasteiger partial charge in [0.05, 0.1) is 5.56 Å². The third kappa shape index (κ3) is 3.48. The minimum atomic E-state index is 0.119. The van der Waals surface area contributed by atoms with Gasteiger partial charge in [0.2, 0.25) is 0 Å². The van der Waals surface area contributed by atoms with Gasteiger partial charge in [0, 0.05) is 22.9 Å². The molecule has 132 valence electrons. The molecule has 0 aliphatic carbocycles. The van der Waals surface area contributed by atoms with Crippen LogP contribution < -0.4 is 5.73 Å². The van der Waals surface area contributed by atoms with Crippen LogP contribution in [0.1, 0.15) is 27.8 Å². The minimum absolute atomic E-state index is 0.119. The fourth-order valence-electron chi connectivity index (χ4n) is 3.10. The lowest BCUT2D eigenvalue weighted by Gasteiger charge is -2.15. The SMILES string of the molecule is Cc1cc(C)c(Sc2nc(N)c(C#N)c(-c3ccncc3)c2C#N)c(C)c1. The van der Waals surface area contributed by atoms with E-state index in [-0.39, 0.29) is 11.4 Å². The van der Waals surface area contributed by atoms with Crippen LogP contribution in [0.4, 0.5) is 5.82 Å². The Kier molecular flexibility index (Phi) is 5.12. The van der Waals surface area contributed by atoms with Gasteiger partial charge in [-0.2, -0.15) is 10.5 Å². The van der Waals surface area contributed by atoms with Gasteiger partial charge in [0.15, 0.2) is 0 Å². The summed E-state index contributed by atoms with van der Waals surface area (Å²) >= 11 is 1.40. The van der Waals surface area contributed by atoms with Crippen LogP contribution in [-0.2, 0) is 0 Å². The summed E-state index contributed by atoms with van der Waals surface area (Å²) in [5.74, 6) is 0.119. The van der Waals surface area contributed by atoms with E-state index in [4.69, 9.17) is 5.73 Å². The average molecular weight is 371 g/mol. The molecule has 6 heteroatoms. The Morgan fingerprint density at radius 2 is 1.56 bits per heavy atom. The van der Waals surface area contributed by atoms with Gasteiger partial charge >= 0.3 is 0 Å². The summed E-state index contributed by atoms with van der Waals surface area (Å²) < 4.78 is 0. The van der Waals surface area contributed by atoms with Crippen LogP contribution in [0.3, 0.4) is 0 Å². The van der Waals surface area contributed by atoms with Crippen molar-refractivity contribution >= 4 is 17.6 Å². The van der Waals surface area contributed by atoms with Gasteiger partial charge in [-0.1, -0.05) is 29.5 Å². The Bertz CT molecular complexity index is 1090. The number of anilines is 1. The van der Waals surface area contributed by atoms with E-state index in [9.17, 15) is 10.5 Å². The molecule has 3 aromatic rings. The third-order valence-corrected chi connectivity index (χ3v) is 5.52. The van der Waals surface area contributed by atoms with E-state index >= 15 is 0 Å². The maximum atomic E-state index is 9.86. The summed E-state index contributed by atoms with van der Waals surface area (Å²) in [5.41, 5.74) is 11.2. The van der Waals surface area contributed by atoms with Gasteiger partial charge < -0.3 is 5.73 Å². The van der Waals surface area contributed by atoms with E-state index in [0.29, 0.717) is 21.7 Å². The molecule has 0 bridgehead atoms. The zero-order valence-electron chi connectivity index (χ0n) is 15.2. The quantitative estimate of drug-likeness (QED) is 0.725. The molecular formula is C21H17N5S. The monoisotopic (exact) mass is 371 g/mol. The summed E-state index contributed by atoms with van der Waals surface area (Å²) in [6.45, 7) is 6.12. The van der Waals surface area contributed by atoms with Gasteiger partial charge in [0.25, 0.3) is 0 Å². The highest BCUT2D eigenvalue weighted by Gasteiger charge is 2.21. The van der Waals surface area contributed by atoms with E-state index in [0.717, 1.165) is 16.0 Å². The Balaban J connectivity index is 2.26. The molecule has 0 aliphatic heterocycles. The fraction of sp³-hybridized carbons (Fsp3) is 0.143. The lowest BCUT2D eigenvalue weighted by Crippen LogP contribution is -2.03. The number of hydrogen-bond donors (Lipinski definition) is 1. The number of rotatable bonds is 3. The van der Waals surface area contributed by atoms with Gasteiger partial charge in [-0.3, -0.25) is 4.98 Å². The largest absolute Gasteiger partial charge is 0.383 e. The fourth-order valence-corrected chi connectivity index (χ4v) is 4.13. The lowest BCUT2D eigenvalue weighted by molar-refractivity contribution is 1.10. The highest BCUT2D eigenvalue weighted by molar-refractivity contribution is 7.99. The first-order chi connectivity index (χ1) is 13.0. The summed E-state index contributed by atoms with van der Waals surface area (Å²) in [7, 11) is 0. The third-order valence-electron chi connectivity index (χ3n) is 4.19. The summed E-state index contributed by atoms with van der Waals surface area (Å²) in [4.78, 5) is 9.43. The lowest BCUT2D eigenvalue weighted by atomic mass is 9.98. The first-order valence-corrected chi connectivity index (χ1v) is 9.07. The summed E-state index contributed by atoms with van der Waals surface area (Å²) in [6.07, 6.45) is 3.24. The smallest absolute Gasteiger partial charge is 0.143 e. The molecule has 27 heavy (non-hydrogen) atoms. The van der Waals surface area contributed by atoms with Crippen LogP contribution in [-0.4, -0.2) is 9.97 Å². The highest BCUT2D eigenvalue weighted by atomic mass is 32.2. The molecule has 1 aromatic carbocycles. The minimum Gasteiger partial charge on any atom is -0.383 e. The van der Waals surface area contributed by atoms with Crippen molar-refractivity contribution in [2.75, 3.05) is 5.73 Å². The van der Waals surface area contributed by atoms with Crippen molar-refractivity contribution in [1.29, 1.82) is 10.5 Å². The van der Waals surface area contributed by atoms with Crippen molar-refractivity contribution in [3.05, 3.63) is 64.5 Å². The van der Waals surface area contributed by atoms with Crippen LogP contribution in [0, 0.1) is 43.4 Å². The van der Waals surface area contributed by atoms with E-state index in [1.807, 2.05) is 13.8 Å². The molecule has 0 unspecified atom stereocenters. The standard InChI is InChI=1S/C21H17N5S/c1-12-8-13(2)19(14(3)9-12)27-21-17(11-23)18(15-4-6-25-7-5-15)16(10-22)20(24)26-21/h4-9H,1-3H3,(H2,24,26). The van der Waals surface area contributed by atoms with Gasteiger partial charge in [-0.25, -0.2) is 4.98 Å². The Morgan fingerprint density at radius 3 is 2.11 bits per heavy atom. The van der Waals surface area contributed by atoms with E-state index in [2.05, 4.69) is 41.2 Å². The van der Waals surface area contributed by atoms with E-state index in [1.165, 1.54) is 17.3 Å². The van der Waals surface area contributed by atoms with E-state index < -0.39 is 0 Å². The molecule has 0 fully saturated rings. The second-order valence-corrected chi connectivity index (χ2v) is 7.22. The number of benzene rings is 1. The molecule has 0 saturated heterocycles. The maximum absolute atomic E-state index is 9.86. The summed E-state index contributed by atoms with van der Waals surface area (Å²) in [5, 5.41) is 19.9. The molecule has 2 aromatic heterocycles. The number of pyridine rings is 2. The Hall–Kier alpha value is -3.35. The van der Waals surface area contributed by atoms with Crippen LogP contribution in [0.25, 0.3) is 11.1 Å². The number of aromatic nitrogens is 2. The number of nitrogens with two attached hydrogens (primary N) is 1. The molecule has 0 amide bonds. The number of hydrogen-bond acceptors (Lipinski definition) is 6. The van der Waals surface area contributed by atoms with Gasteiger partial charge in [-0.15, -0.1) is 0 Å². The molecule has 0 saturated carbocycles. The predicted octanol–water partition coefficient (Wildman–Crippen LogP) is 4.55. The first-order valence-electron chi connectivity index (χ1n) is 8.26. The second-order valence-electron chi connectivity index (χ2n) is 6.22. The highest BCUT2D eigenvalue weighted by Crippen LogP contribution is 2.40. The zero-order valence-corrected chi connectivity index (χ0v) is 16.1. The van der Waals surface area contributed by atoms with E-state index in [1.54, 1.807) is 24.5 Å². The molecule has 0 aliphatic rings. The van der Waals surface area contributed by atoms with Crippen LogP contribution in [0.15, 0.2) is 46.6 Å². The zero-order chi connectivity index (χ0) is 19.6. The molecule has 5 nitrogen and oxygen atoms in total. The number of nitrogen functional groups attached to an aromatic ring is 1. The second kappa shape index (κ2) is 7.49. The molecule has 0 radical (unpaired) electrons. The first kappa shape index (κ1) is 18.4. The molecule has 0 spiro atoms. The Labute approximate surface area is 162 Å². The number of nitriles is 2. The molecule has 2 heterocycles. The topological polar surface area (TPSA) is 99.4 Å².